The van der Waals surface area contributed by atoms with Crippen LogP contribution in [-0.4, -0.2) is 39.5 Å². The smallest absolute Gasteiger partial charge is 0.436 e. The number of nitrogens with zero attached hydrogens (tertiary/aromatic N) is 3. The van der Waals surface area contributed by atoms with Crippen molar-refractivity contribution >= 4 is 12.1 Å². The number of unbranched alkanes of at least 4 members (excludes halogenated alkanes) is 9. The molecule has 1 rings (SSSR count). The van der Waals surface area contributed by atoms with E-state index < -0.39 is 6.09 Å². The van der Waals surface area contributed by atoms with E-state index in [9.17, 15) is 9.59 Å². The Morgan fingerprint density at radius 3 is 1.91 bits per heavy atom. The van der Waals surface area contributed by atoms with Crippen LogP contribution < -0.4 is 0 Å². The van der Waals surface area contributed by atoms with Gasteiger partial charge in [0.15, 0.2) is 0 Å². The van der Waals surface area contributed by atoms with Crippen molar-refractivity contribution < 1.29 is 19.1 Å². The second kappa shape index (κ2) is 21.4. The van der Waals surface area contributed by atoms with Crippen molar-refractivity contribution in [2.45, 2.75) is 142 Å². The molecule has 0 saturated carbocycles. The van der Waals surface area contributed by atoms with Crippen molar-refractivity contribution in [1.82, 2.24) is 14.8 Å². The summed E-state index contributed by atoms with van der Waals surface area (Å²) in [5, 5.41) is 3.85. The normalized spacial score (nSPS) is 12.1. The number of rotatable bonds is 22. The zero-order valence-corrected chi connectivity index (χ0v) is 22.7. The summed E-state index contributed by atoms with van der Waals surface area (Å²) in [5.41, 5.74) is 0. The fourth-order valence-corrected chi connectivity index (χ4v) is 4.34. The molecule has 0 aliphatic rings. The Hall–Kier alpha value is -1.92. The van der Waals surface area contributed by atoms with Crippen molar-refractivity contribution in [3.63, 3.8) is 0 Å². The van der Waals surface area contributed by atoms with Crippen LogP contribution in [-0.2, 0) is 14.3 Å². The van der Waals surface area contributed by atoms with E-state index >= 15 is 0 Å². The molecule has 0 aliphatic carbocycles. The summed E-state index contributed by atoms with van der Waals surface area (Å²) in [6, 6.07) is 0. The molecular formula is C28H51N3O4. The highest BCUT2D eigenvalue weighted by Crippen LogP contribution is 2.20. The largest absolute Gasteiger partial charge is 0.465 e. The quantitative estimate of drug-likeness (QED) is 0.121. The minimum Gasteiger partial charge on any atom is -0.465 e. The van der Waals surface area contributed by atoms with E-state index in [2.05, 4.69) is 30.9 Å². The molecule has 7 heteroatoms. The number of esters is 1. The van der Waals surface area contributed by atoms with E-state index in [1.165, 1.54) is 64.0 Å². The van der Waals surface area contributed by atoms with Crippen LogP contribution >= 0.6 is 0 Å². The Labute approximate surface area is 213 Å². The number of ether oxygens (including phenoxy) is 2. The SMILES string of the molecule is CCCCCCC(CCCCCC)COC(=O)CCCCC(CCCCC)OC(=O)n1cncn1. The maximum Gasteiger partial charge on any atom is 0.436 e. The summed E-state index contributed by atoms with van der Waals surface area (Å²) in [6.45, 7) is 7.19. The van der Waals surface area contributed by atoms with E-state index in [-0.39, 0.29) is 12.1 Å². The Morgan fingerprint density at radius 2 is 1.34 bits per heavy atom. The van der Waals surface area contributed by atoms with Crippen LogP contribution in [0.1, 0.15) is 136 Å². The molecule has 0 aliphatic heterocycles. The molecule has 1 aromatic heterocycles. The van der Waals surface area contributed by atoms with E-state index in [1.807, 2.05) is 0 Å². The number of hydrogen-bond donors (Lipinski definition) is 0. The Kier molecular flexibility index (Phi) is 19.0. The zero-order valence-electron chi connectivity index (χ0n) is 22.7. The third kappa shape index (κ3) is 16.4. The zero-order chi connectivity index (χ0) is 25.6. The maximum atomic E-state index is 12.4. The molecule has 0 saturated heterocycles. The lowest BCUT2D eigenvalue weighted by Gasteiger charge is -2.18. The Balaban J connectivity index is 2.33. The number of carbonyl (C=O) groups excluding carboxylic acids is 2. The van der Waals surface area contributed by atoms with Crippen LogP contribution in [0.4, 0.5) is 4.79 Å². The lowest BCUT2D eigenvalue weighted by atomic mass is 9.95. The molecule has 0 radical (unpaired) electrons. The molecular weight excluding hydrogens is 442 g/mol. The molecule has 1 atom stereocenters. The molecule has 0 amide bonds. The van der Waals surface area contributed by atoms with Gasteiger partial charge in [0.25, 0.3) is 0 Å². The second-order valence-corrected chi connectivity index (χ2v) is 9.84. The maximum absolute atomic E-state index is 12.4. The van der Waals surface area contributed by atoms with E-state index in [1.54, 1.807) is 0 Å². The third-order valence-corrected chi connectivity index (χ3v) is 6.57. The molecule has 35 heavy (non-hydrogen) atoms. The molecule has 0 bridgehead atoms. The van der Waals surface area contributed by atoms with Crippen molar-refractivity contribution in [2.75, 3.05) is 6.61 Å². The van der Waals surface area contributed by atoms with Gasteiger partial charge < -0.3 is 9.47 Å². The second-order valence-electron chi connectivity index (χ2n) is 9.84. The molecule has 0 fully saturated rings. The molecule has 0 N–H and O–H groups in total. The number of aromatic nitrogens is 3. The van der Waals surface area contributed by atoms with Gasteiger partial charge in [-0.1, -0.05) is 85.0 Å². The van der Waals surface area contributed by atoms with Crippen LogP contribution in [0.25, 0.3) is 0 Å². The predicted molar refractivity (Wildman–Crippen MR) is 140 cm³/mol. The molecule has 1 unspecified atom stereocenters. The van der Waals surface area contributed by atoms with Gasteiger partial charge in [-0.25, -0.2) is 9.78 Å². The van der Waals surface area contributed by atoms with E-state index in [0.717, 1.165) is 62.5 Å². The summed E-state index contributed by atoms with van der Waals surface area (Å²) in [5.74, 6) is 0.395. The molecule has 1 heterocycles. The predicted octanol–water partition coefficient (Wildman–Crippen LogP) is 7.87. The van der Waals surface area contributed by atoms with Crippen LogP contribution in [0.15, 0.2) is 12.7 Å². The molecule has 7 nitrogen and oxygen atoms in total. The van der Waals surface area contributed by atoms with E-state index in [0.29, 0.717) is 18.9 Å². The van der Waals surface area contributed by atoms with Crippen LogP contribution in [0.3, 0.4) is 0 Å². The number of hydrogen-bond acceptors (Lipinski definition) is 6. The lowest BCUT2D eigenvalue weighted by Crippen LogP contribution is -2.23. The van der Waals surface area contributed by atoms with Gasteiger partial charge in [0.1, 0.15) is 18.8 Å². The lowest BCUT2D eigenvalue weighted by molar-refractivity contribution is -0.145. The topological polar surface area (TPSA) is 83.3 Å². The Morgan fingerprint density at radius 1 is 0.771 bits per heavy atom. The van der Waals surface area contributed by atoms with Crippen LogP contribution in [0.2, 0.25) is 0 Å². The summed E-state index contributed by atoms with van der Waals surface area (Å²) in [4.78, 5) is 28.4. The summed E-state index contributed by atoms with van der Waals surface area (Å²) < 4.78 is 12.4. The molecule has 1 aromatic rings. The van der Waals surface area contributed by atoms with Gasteiger partial charge in [-0.05, 0) is 50.9 Å². The van der Waals surface area contributed by atoms with Gasteiger partial charge >= 0.3 is 12.1 Å². The number of carbonyl (C=O) groups is 2. The summed E-state index contributed by atoms with van der Waals surface area (Å²) >= 11 is 0. The highest BCUT2D eigenvalue weighted by molar-refractivity contribution is 5.69. The monoisotopic (exact) mass is 493 g/mol. The van der Waals surface area contributed by atoms with Gasteiger partial charge in [-0.3, -0.25) is 4.79 Å². The van der Waals surface area contributed by atoms with Crippen molar-refractivity contribution in [3.05, 3.63) is 12.7 Å². The average Bonchev–Trinajstić information content (AvgIpc) is 3.40. The van der Waals surface area contributed by atoms with E-state index in [4.69, 9.17) is 9.47 Å². The fraction of sp³-hybridized carbons (Fsp3) is 0.857. The highest BCUT2D eigenvalue weighted by atomic mass is 16.6. The van der Waals surface area contributed by atoms with Gasteiger partial charge in [-0.2, -0.15) is 4.68 Å². The third-order valence-electron chi connectivity index (χ3n) is 6.57. The summed E-state index contributed by atoms with van der Waals surface area (Å²) in [7, 11) is 0. The standard InChI is InChI=1S/C28H51N3O4/c1-4-7-10-13-17-25(18-14-11-8-5-2)22-34-27(32)21-16-15-20-26(19-12-9-6-3)35-28(33)31-24-29-23-30-31/h23-26H,4-22H2,1-3H3. The first kappa shape index (κ1) is 31.1. The fourth-order valence-electron chi connectivity index (χ4n) is 4.34. The minimum absolute atomic E-state index is 0.0979. The first-order valence-corrected chi connectivity index (χ1v) is 14.3. The van der Waals surface area contributed by atoms with Gasteiger partial charge in [0, 0.05) is 6.42 Å². The minimum atomic E-state index is -0.493. The summed E-state index contributed by atoms with van der Waals surface area (Å²) in [6.07, 6.45) is 21.3. The van der Waals surface area contributed by atoms with Crippen molar-refractivity contribution in [2.24, 2.45) is 5.92 Å². The van der Waals surface area contributed by atoms with Crippen LogP contribution in [0, 0.1) is 5.92 Å². The first-order valence-electron chi connectivity index (χ1n) is 14.3. The van der Waals surface area contributed by atoms with Crippen molar-refractivity contribution in [1.29, 1.82) is 0 Å². The molecule has 0 aromatic carbocycles. The molecule has 202 valence electrons. The highest BCUT2D eigenvalue weighted by Gasteiger charge is 2.17. The average molecular weight is 494 g/mol. The van der Waals surface area contributed by atoms with Crippen molar-refractivity contribution in [3.8, 4) is 0 Å². The molecule has 0 spiro atoms. The Bertz CT molecular complexity index is 624. The first-order chi connectivity index (χ1) is 17.1. The van der Waals surface area contributed by atoms with Crippen LogP contribution in [0.5, 0.6) is 0 Å². The van der Waals surface area contributed by atoms with Gasteiger partial charge in [0.2, 0.25) is 0 Å². The van der Waals surface area contributed by atoms with Gasteiger partial charge in [0.05, 0.1) is 6.61 Å². The van der Waals surface area contributed by atoms with Gasteiger partial charge in [-0.15, -0.1) is 5.10 Å².